The van der Waals surface area contributed by atoms with E-state index in [1.807, 2.05) is 31.2 Å². The largest absolute Gasteiger partial charge is 0.416 e. The number of fused-ring (bicyclic) bond motifs is 1. The van der Waals surface area contributed by atoms with Gasteiger partial charge in [-0.1, -0.05) is 18.2 Å². The van der Waals surface area contributed by atoms with Crippen LogP contribution in [-0.2, 0) is 17.5 Å². The molecule has 0 atom stereocenters. The Hall–Kier alpha value is -4.73. The van der Waals surface area contributed by atoms with Crippen LogP contribution in [0.4, 0.5) is 29.3 Å². The molecule has 2 heterocycles. The highest BCUT2D eigenvalue weighted by atomic mass is 19.4. The van der Waals surface area contributed by atoms with Gasteiger partial charge in [0, 0.05) is 35.7 Å². The summed E-state index contributed by atoms with van der Waals surface area (Å²) >= 11 is 0. The lowest BCUT2D eigenvalue weighted by molar-refractivity contribution is -0.137. The molecule has 5 rings (SSSR count). The van der Waals surface area contributed by atoms with E-state index in [1.54, 1.807) is 25.3 Å². The summed E-state index contributed by atoms with van der Waals surface area (Å²) in [5.74, 6) is -0.0806. The molecular weight excluding hydrogens is 507 g/mol. The number of carbonyl (C=O) groups is 2. The van der Waals surface area contributed by atoms with E-state index in [-0.39, 0.29) is 17.2 Å². The number of ketones is 1. The maximum atomic E-state index is 13.6. The number of halogens is 3. The molecule has 3 aromatic carbocycles. The Kier molecular flexibility index (Phi) is 6.55. The summed E-state index contributed by atoms with van der Waals surface area (Å²) in [5, 5.41) is 5.22. The number of anilines is 2. The van der Waals surface area contributed by atoms with E-state index in [0.29, 0.717) is 23.6 Å². The van der Waals surface area contributed by atoms with Crippen LogP contribution in [0.2, 0.25) is 0 Å². The monoisotopic (exact) mass is 531 g/mol. The third-order valence-corrected chi connectivity index (χ3v) is 6.42. The molecule has 0 aliphatic carbocycles. The molecule has 4 aromatic rings. The fourth-order valence-corrected chi connectivity index (χ4v) is 4.54. The number of hydrogen-bond donors (Lipinski definition) is 2. The number of urea groups is 1. The van der Waals surface area contributed by atoms with Crippen LogP contribution >= 0.6 is 0 Å². The number of imidazole rings is 1. The average Bonchev–Trinajstić information content (AvgIpc) is 3.50. The van der Waals surface area contributed by atoms with Gasteiger partial charge in [0.2, 0.25) is 0 Å². The summed E-state index contributed by atoms with van der Waals surface area (Å²) in [6, 6.07) is 13.7. The number of nitrogens with zero attached hydrogens (tertiary/aromatic N) is 3. The van der Waals surface area contributed by atoms with Crippen molar-refractivity contribution in [2.24, 2.45) is 4.99 Å². The van der Waals surface area contributed by atoms with Gasteiger partial charge in [0.1, 0.15) is 5.71 Å². The number of aryl methyl sites for hydroxylation is 2. The summed E-state index contributed by atoms with van der Waals surface area (Å²) in [4.78, 5) is 33.0. The number of aromatic nitrogens is 2. The van der Waals surface area contributed by atoms with E-state index < -0.39 is 17.8 Å². The molecule has 0 saturated heterocycles. The first-order valence-corrected chi connectivity index (χ1v) is 12.1. The van der Waals surface area contributed by atoms with Crippen LogP contribution in [0.3, 0.4) is 0 Å². The number of hydrogen-bond acceptors (Lipinski definition) is 4. The summed E-state index contributed by atoms with van der Waals surface area (Å²) in [6.45, 7) is 5.58. The molecule has 1 aromatic heterocycles. The Morgan fingerprint density at radius 1 is 0.923 bits per heavy atom. The van der Waals surface area contributed by atoms with Crippen LogP contribution in [0.1, 0.15) is 34.9 Å². The fraction of sp³-hybridized carbons (Fsp3) is 0.172. The molecule has 0 spiro atoms. The van der Waals surface area contributed by atoms with Gasteiger partial charge < -0.3 is 15.2 Å². The van der Waals surface area contributed by atoms with Crippen LogP contribution in [0.5, 0.6) is 0 Å². The normalized spacial score (nSPS) is 12.6. The first kappa shape index (κ1) is 25.9. The SMILES string of the molecule is CC(=O)C1=NCc2cc(-c3cc(NC(=O)Nc4cc(-n5cnc(C)c5)cc(C(F)(F)F)c4)ccc3C)ccc21. The standard InChI is InChI=1S/C29H24F3N5O2/c1-16-4-6-22(12-26(16)19-5-7-25-20(8-19)13-33-27(25)18(3)38)35-28(39)36-23-9-21(29(30,31)32)10-24(11-23)37-14-17(2)34-15-37/h4-12,14-15H,13H2,1-3H3,(H2,35,36,39). The van der Waals surface area contributed by atoms with Crippen molar-refractivity contribution in [1.82, 2.24) is 9.55 Å². The molecule has 39 heavy (non-hydrogen) atoms. The van der Waals surface area contributed by atoms with Gasteiger partial charge in [0.15, 0.2) is 5.78 Å². The maximum absolute atomic E-state index is 13.6. The highest BCUT2D eigenvalue weighted by Gasteiger charge is 2.31. The second-order valence-electron chi connectivity index (χ2n) is 9.39. The van der Waals surface area contributed by atoms with E-state index >= 15 is 0 Å². The van der Waals surface area contributed by atoms with Crippen LogP contribution in [0.25, 0.3) is 16.8 Å². The number of Topliss-reactive ketones (excluding diaryl/α,β-unsaturated/α-hetero) is 1. The van der Waals surface area contributed by atoms with Gasteiger partial charge in [0.25, 0.3) is 0 Å². The first-order chi connectivity index (χ1) is 18.5. The minimum atomic E-state index is -4.60. The van der Waals surface area contributed by atoms with Crippen molar-refractivity contribution in [3.05, 3.63) is 95.1 Å². The van der Waals surface area contributed by atoms with E-state index in [1.165, 1.54) is 23.9 Å². The number of benzene rings is 3. The smallest absolute Gasteiger partial charge is 0.308 e. The van der Waals surface area contributed by atoms with E-state index in [0.717, 1.165) is 39.9 Å². The molecule has 10 heteroatoms. The third-order valence-electron chi connectivity index (χ3n) is 6.42. The van der Waals surface area contributed by atoms with Crippen LogP contribution in [-0.4, -0.2) is 27.1 Å². The molecule has 0 unspecified atom stereocenters. The van der Waals surface area contributed by atoms with Crippen molar-refractivity contribution in [2.45, 2.75) is 33.5 Å². The van der Waals surface area contributed by atoms with Gasteiger partial charge in [-0.05, 0) is 72.5 Å². The zero-order valence-electron chi connectivity index (χ0n) is 21.3. The van der Waals surface area contributed by atoms with Crippen LogP contribution in [0.15, 0.2) is 72.1 Å². The highest BCUT2D eigenvalue weighted by molar-refractivity contribution is 6.46. The maximum Gasteiger partial charge on any atom is 0.416 e. The van der Waals surface area contributed by atoms with E-state index in [9.17, 15) is 22.8 Å². The molecule has 1 aliphatic heterocycles. The minimum absolute atomic E-state index is 0.0177. The molecule has 7 nitrogen and oxygen atoms in total. The van der Waals surface area contributed by atoms with Gasteiger partial charge in [-0.25, -0.2) is 9.78 Å². The lowest BCUT2D eigenvalue weighted by atomic mass is 9.95. The Morgan fingerprint density at radius 2 is 1.69 bits per heavy atom. The predicted molar refractivity (Wildman–Crippen MR) is 143 cm³/mol. The number of alkyl halides is 3. The zero-order valence-corrected chi connectivity index (χ0v) is 21.3. The fourth-order valence-electron chi connectivity index (χ4n) is 4.54. The summed E-state index contributed by atoms with van der Waals surface area (Å²) in [5.41, 5.74) is 5.38. The second kappa shape index (κ2) is 9.86. The molecule has 0 saturated carbocycles. The van der Waals surface area contributed by atoms with Gasteiger partial charge in [-0.15, -0.1) is 0 Å². The van der Waals surface area contributed by atoms with Crippen LogP contribution in [0, 0.1) is 13.8 Å². The summed E-state index contributed by atoms with van der Waals surface area (Å²) in [6.07, 6.45) is -1.59. The Labute approximate surface area is 222 Å². The number of aliphatic imine (C=N–C) groups is 1. The zero-order chi connectivity index (χ0) is 27.9. The van der Waals surface area contributed by atoms with Gasteiger partial charge in [-0.3, -0.25) is 9.79 Å². The summed E-state index contributed by atoms with van der Waals surface area (Å²) < 4.78 is 42.1. The average molecular weight is 532 g/mol. The predicted octanol–water partition coefficient (Wildman–Crippen LogP) is 6.71. The van der Waals surface area contributed by atoms with E-state index in [2.05, 4.69) is 20.6 Å². The topological polar surface area (TPSA) is 88.4 Å². The minimum Gasteiger partial charge on any atom is -0.308 e. The number of carbonyl (C=O) groups excluding carboxylic acids is 2. The van der Waals surface area contributed by atoms with Crippen LogP contribution < -0.4 is 10.6 Å². The van der Waals surface area contributed by atoms with E-state index in [4.69, 9.17) is 0 Å². The number of rotatable bonds is 5. The Morgan fingerprint density at radius 3 is 2.38 bits per heavy atom. The van der Waals surface area contributed by atoms with Gasteiger partial charge >= 0.3 is 12.2 Å². The van der Waals surface area contributed by atoms with Crippen molar-refractivity contribution in [1.29, 1.82) is 0 Å². The second-order valence-corrected chi connectivity index (χ2v) is 9.39. The van der Waals surface area contributed by atoms with Crippen molar-refractivity contribution in [3.63, 3.8) is 0 Å². The molecule has 0 bridgehead atoms. The first-order valence-electron chi connectivity index (χ1n) is 12.1. The van der Waals surface area contributed by atoms with Gasteiger partial charge in [-0.2, -0.15) is 13.2 Å². The molecule has 2 N–H and O–H groups in total. The molecule has 198 valence electrons. The number of nitrogens with one attached hydrogen (secondary N) is 2. The van der Waals surface area contributed by atoms with Gasteiger partial charge in [0.05, 0.1) is 24.1 Å². The van der Waals surface area contributed by atoms with Crippen molar-refractivity contribution < 1.29 is 22.8 Å². The Bertz CT molecular complexity index is 1650. The third kappa shape index (κ3) is 5.45. The highest BCUT2D eigenvalue weighted by Crippen LogP contribution is 2.34. The molecular formula is C29H24F3N5O2. The lowest BCUT2D eigenvalue weighted by Gasteiger charge is -2.15. The quantitative estimate of drug-likeness (QED) is 0.300. The van der Waals surface area contributed by atoms with Crippen molar-refractivity contribution in [3.8, 4) is 16.8 Å². The molecule has 0 radical (unpaired) electrons. The summed E-state index contributed by atoms with van der Waals surface area (Å²) in [7, 11) is 0. The lowest BCUT2D eigenvalue weighted by Crippen LogP contribution is -2.20. The van der Waals surface area contributed by atoms with Crippen molar-refractivity contribution in [2.75, 3.05) is 10.6 Å². The molecule has 0 fully saturated rings. The number of amides is 2. The van der Waals surface area contributed by atoms with Crippen molar-refractivity contribution >= 4 is 28.9 Å². The molecule has 2 amide bonds. The Balaban J connectivity index is 1.38. The molecule has 1 aliphatic rings.